The van der Waals surface area contributed by atoms with E-state index in [1.165, 1.54) is 31.7 Å². The van der Waals surface area contributed by atoms with Gasteiger partial charge in [-0.15, -0.1) is 0 Å². The highest BCUT2D eigenvalue weighted by Crippen LogP contribution is 2.39. The number of ether oxygens (including phenoxy) is 1. The van der Waals surface area contributed by atoms with Crippen molar-refractivity contribution in [2.45, 2.75) is 84.0 Å². The number of benzene rings is 3. The molecule has 0 aliphatic heterocycles. The van der Waals surface area contributed by atoms with Crippen LogP contribution in [0, 0.1) is 23.4 Å². The average Bonchev–Trinajstić information content (AvgIpc) is 2.92. The molecule has 0 radical (unpaired) electrons. The fraction of sp³-hybridized carbons (Fsp3) is 0.455. The molecular formula is C33H39F3O. The second kappa shape index (κ2) is 13.2. The second-order valence-electron chi connectivity index (χ2n) is 10.4. The molecule has 4 heteroatoms. The Morgan fingerprint density at radius 2 is 1.49 bits per heavy atom. The van der Waals surface area contributed by atoms with Crippen LogP contribution in [0.1, 0.15) is 87.8 Å². The van der Waals surface area contributed by atoms with E-state index >= 15 is 4.39 Å². The number of rotatable bonds is 11. The highest BCUT2D eigenvalue weighted by Gasteiger charge is 2.26. The lowest BCUT2D eigenvalue weighted by atomic mass is 9.76. The van der Waals surface area contributed by atoms with E-state index in [2.05, 4.69) is 6.92 Å². The van der Waals surface area contributed by atoms with Gasteiger partial charge in [0.15, 0.2) is 23.2 Å². The summed E-state index contributed by atoms with van der Waals surface area (Å²) >= 11 is 0. The standard InChI is InChI=1S/C33H39F3O/c1-3-5-6-7-23-10-15-26(16-11-23)29-20-18-27(32(35)33(29)36)17-12-24-8-13-25(14-9-24)28-19-21-31(37-4-2)30(34)22-28/h8-9,13-14,18-23,26H,3-7,10-12,15-17H2,1-2H3. The van der Waals surface area contributed by atoms with Crippen molar-refractivity contribution in [2.24, 2.45) is 5.92 Å². The molecule has 0 unspecified atom stereocenters. The molecule has 0 saturated heterocycles. The summed E-state index contributed by atoms with van der Waals surface area (Å²) in [5, 5.41) is 0. The Labute approximate surface area is 220 Å². The molecule has 0 spiro atoms. The molecule has 1 saturated carbocycles. The Hall–Kier alpha value is -2.75. The number of hydrogen-bond donors (Lipinski definition) is 0. The molecule has 1 aliphatic rings. The van der Waals surface area contributed by atoms with E-state index in [0.717, 1.165) is 48.3 Å². The third-order valence-electron chi connectivity index (χ3n) is 7.90. The molecule has 1 nitrogen and oxygen atoms in total. The summed E-state index contributed by atoms with van der Waals surface area (Å²) in [5.41, 5.74) is 3.67. The summed E-state index contributed by atoms with van der Waals surface area (Å²) in [7, 11) is 0. The molecule has 3 aromatic rings. The first kappa shape index (κ1) is 27.3. The van der Waals surface area contributed by atoms with Gasteiger partial charge in [-0.1, -0.05) is 75.1 Å². The summed E-state index contributed by atoms with van der Waals surface area (Å²) in [5.74, 6) is -0.604. The molecular weight excluding hydrogens is 469 g/mol. The van der Waals surface area contributed by atoms with Gasteiger partial charge in [0.1, 0.15) is 0 Å². The minimum Gasteiger partial charge on any atom is -0.491 e. The Balaban J connectivity index is 1.34. The first-order valence-corrected chi connectivity index (χ1v) is 14.0. The summed E-state index contributed by atoms with van der Waals surface area (Å²) in [6.07, 6.45) is 10.3. The fourth-order valence-electron chi connectivity index (χ4n) is 5.65. The van der Waals surface area contributed by atoms with Crippen molar-refractivity contribution < 1.29 is 17.9 Å². The van der Waals surface area contributed by atoms with Crippen LogP contribution in [0.25, 0.3) is 11.1 Å². The lowest BCUT2D eigenvalue weighted by Crippen LogP contribution is -2.15. The molecule has 0 amide bonds. The van der Waals surface area contributed by atoms with Crippen molar-refractivity contribution in [1.29, 1.82) is 0 Å². The topological polar surface area (TPSA) is 9.23 Å². The van der Waals surface area contributed by atoms with Crippen LogP contribution in [0.5, 0.6) is 5.75 Å². The summed E-state index contributed by atoms with van der Waals surface area (Å²) in [6, 6.07) is 16.3. The SMILES string of the molecule is CCCCCC1CCC(c2ccc(CCc3ccc(-c4ccc(OCC)c(F)c4)cc3)c(F)c2F)CC1. The molecule has 0 atom stereocenters. The van der Waals surface area contributed by atoms with Crippen molar-refractivity contribution in [3.63, 3.8) is 0 Å². The number of unbranched alkanes of at least 4 members (excludes halogenated alkanes) is 2. The average molecular weight is 509 g/mol. The van der Waals surface area contributed by atoms with E-state index in [-0.39, 0.29) is 17.5 Å². The lowest BCUT2D eigenvalue weighted by molar-refractivity contribution is 0.297. The van der Waals surface area contributed by atoms with Crippen molar-refractivity contribution >= 4 is 0 Å². The normalized spacial score (nSPS) is 17.6. The molecule has 0 aromatic heterocycles. The van der Waals surface area contributed by atoms with Gasteiger partial charge in [0.25, 0.3) is 0 Å². The van der Waals surface area contributed by atoms with Crippen LogP contribution in [0.2, 0.25) is 0 Å². The zero-order valence-corrected chi connectivity index (χ0v) is 22.2. The van der Waals surface area contributed by atoms with Gasteiger partial charge in [-0.05, 0) is 97.2 Å². The quantitative estimate of drug-likeness (QED) is 0.234. The third-order valence-corrected chi connectivity index (χ3v) is 7.90. The predicted molar refractivity (Wildman–Crippen MR) is 146 cm³/mol. The second-order valence-corrected chi connectivity index (χ2v) is 10.4. The van der Waals surface area contributed by atoms with Gasteiger partial charge in [-0.2, -0.15) is 0 Å². The zero-order valence-electron chi connectivity index (χ0n) is 22.2. The van der Waals surface area contributed by atoms with E-state index in [0.29, 0.717) is 30.6 Å². The van der Waals surface area contributed by atoms with Gasteiger partial charge in [-0.3, -0.25) is 0 Å². The molecule has 0 bridgehead atoms. The molecule has 1 aliphatic carbocycles. The van der Waals surface area contributed by atoms with Crippen molar-refractivity contribution in [1.82, 2.24) is 0 Å². The van der Waals surface area contributed by atoms with E-state index in [1.54, 1.807) is 12.1 Å². The van der Waals surface area contributed by atoms with Crippen LogP contribution < -0.4 is 4.74 Å². The zero-order chi connectivity index (χ0) is 26.2. The first-order valence-electron chi connectivity index (χ1n) is 14.0. The van der Waals surface area contributed by atoms with E-state index < -0.39 is 11.6 Å². The van der Waals surface area contributed by atoms with Gasteiger partial charge in [-0.25, -0.2) is 13.2 Å². The summed E-state index contributed by atoms with van der Waals surface area (Å²) in [6.45, 7) is 4.46. The van der Waals surface area contributed by atoms with Gasteiger partial charge in [0.2, 0.25) is 0 Å². The van der Waals surface area contributed by atoms with Crippen LogP contribution in [0.3, 0.4) is 0 Å². The maximum Gasteiger partial charge on any atom is 0.165 e. The van der Waals surface area contributed by atoms with Crippen LogP contribution in [-0.2, 0) is 12.8 Å². The molecule has 1 fully saturated rings. The molecule has 37 heavy (non-hydrogen) atoms. The third kappa shape index (κ3) is 6.97. The fourth-order valence-corrected chi connectivity index (χ4v) is 5.65. The predicted octanol–water partition coefficient (Wildman–Crippen LogP) is 9.81. The largest absolute Gasteiger partial charge is 0.491 e. The Morgan fingerprint density at radius 1 is 0.757 bits per heavy atom. The number of halogens is 3. The molecule has 0 heterocycles. The Kier molecular flexibility index (Phi) is 9.71. The van der Waals surface area contributed by atoms with E-state index in [9.17, 15) is 8.78 Å². The monoisotopic (exact) mass is 508 g/mol. The summed E-state index contributed by atoms with van der Waals surface area (Å²) < 4.78 is 49.5. The van der Waals surface area contributed by atoms with Gasteiger partial charge in [0, 0.05) is 0 Å². The maximum absolute atomic E-state index is 15.1. The van der Waals surface area contributed by atoms with Crippen LogP contribution in [0.4, 0.5) is 13.2 Å². The lowest BCUT2D eigenvalue weighted by Gasteiger charge is -2.29. The van der Waals surface area contributed by atoms with Crippen molar-refractivity contribution in [3.05, 3.63) is 88.7 Å². The van der Waals surface area contributed by atoms with E-state index in [1.807, 2.05) is 43.3 Å². The highest BCUT2D eigenvalue weighted by molar-refractivity contribution is 5.64. The number of hydrogen-bond acceptors (Lipinski definition) is 1. The van der Waals surface area contributed by atoms with Gasteiger partial charge in [0.05, 0.1) is 6.61 Å². The minimum absolute atomic E-state index is 0.131. The van der Waals surface area contributed by atoms with Gasteiger partial charge >= 0.3 is 0 Å². The Bertz CT molecular complexity index is 1150. The van der Waals surface area contributed by atoms with Crippen LogP contribution in [-0.4, -0.2) is 6.61 Å². The molecule has 3 aromatic carbocycles. The number of aryl methyl sites for hydroxylation is 2. The van der Waals surface area contributed by atoms with Crippen molar-refractivity contribution in [2.75, 3.05) is 6.61 Å². The van der Waals surface area contributed by atoms with E-state index in [4.69, 9.17) is 4.74 Å². The highest BCUT2D eigenvalue weighted by atomic mass is 19.2. The smallest absolute Gasteiger partial charge is 0.165 e. The molecule has 0 N–H and O–H groups in total. The maximum atomic E-state index is 15.1. The van der Waals surface area contributed by atoms with Crippen LogP contribution >= 0.6 is 0 Å². The molecule has 198 valence electrons. The molecule has 4 rings (SSSR count). The Morgan fingerprint density at radius 3 is 2.16 bits per heavy atom. The van der Waals surface area contributed by atoms with Crippen LogP contribution in [0.15, 0.2) is 54.6 Å². The summed E-state index contributed by atoms with van der Waals surface area (Å²) in [4.78, 5) is 0. The minimum atomic E-state index is -0.691. The van der Waals surface area contributed by atoms with Crippen molar-refractivity contribution in [3.8, 4) is 16.9 Å². The first-order chi connectivity index (χ1) is 18.0. The van der Waals surface area contributed by atoms with Gasteiger partial charge < -0.3 is 4.74 Å².